The summed E-state index contributed by atoms with van der Waals surface area (Å²) in [6, 6.07) is 0.562. The molecule has 65 heavy (non-hydrogen) atoms. The number of rotatable bonds is 1. The molecule has 0 amide bonds. The number of ether oxygens (including phenoxy) is 1. The summed E-state index contributed by atoms with van der Waals surface area (Å²) < 4.78 is 5.02. The Hall–Kier alpha value is -0.560. The van der Waals surface area contributed by atoms with Gasteiger partial charge < -0.3 is 4.74 Å². The quantitative estimate of drug-likeness (QED) is 0.251. The Bertz CT molecular complexity index is 730. The first-order valence-electron chi connectivity index (χ1n) is 26.0. The Morgan fingerprint density at radius 1 is 0.338 bits per heavy atom. The van der Waals surface area contributed by atoms with Crippen LogP contribution in [0.15, 0.2) is 0 Å². The lowest BCUT2D eigenvalue weighted by atomic mass is 10.3. The fourth-order valence-electron chi connectivity index (χ4n) is 4.18. The summed E-state index contributed by atoms with van der Waals surface area (Å²) in [7, 11) is 22.7. The van der Waals surface area contributed by atoms with Gasteiger partial charge in [-0.2, -0.15) is 15.3 Å². The van der Waals surface area contributed by atoms with Gasteiger partial charge >= 0.3 is 0 Å². The molecule has 5 fully saturated rings. The molecular formula is C51H132N12O2. The summed E-state index contributed by atoms with van der Waals surface area (Å²) in [5.41, 5.74) is 0. The molecule has 5 aliphatic heterocycles. The molecule has 0 aromatic rings. The van der Waals surface area contributed by atoms with E-state index >= 15 is 0 Å². The van der Waals surface area contributed by atoms with Gasteiger partial charge in [-0.15, -0.1) is 0 Å². The molecule has 0 bridgehead atoms. The highest BCUT2D eigenvalue weighted by Crippen LogP contribution is 2.14. The van der Waals surface area contributed by atoms with E-state index in [1.165, 1.54) is 25.9 Å². The second-order valence-corrected chi connectivity index (χ2v) is 18.1. The lowest BCUT2D eigenvalue weighted by Crippen LogP contribution is -2.43. The van der Waals surface area contributed by atoms with Crippen molar-refractivity contribution in [2.24, 2.45) is 23.7 Å². The third-order valence-corrected chi connectivity index (χ3v) is 7.32. The third kappa shape index (κ3) is 70.1. The van der Waals surface area contributed by atoms with E-state index in [-0.39, 0.29) is 0 Å². The standard InChI is InChI=1S/C7H18N4.C5H13N3.C5H12N2.C4H10N2O.C4H9NO.4C4H10.5C2H6/c1-7(2)11-6-8(3)9(4)10(11)5;1-6-4-7(2)8(3)5-6;1-6-4-3-5-7(6)2;1-5-3-7-4-6(5)2;1-5-3-2-4-6-5;4*1-4(2)3;5*1-2/h7H,6H2,1-5H3;4-5H2,1-3H3;3-5H2,1-2H3;3-4H2,1-2H3;2-4H2,1H3;4*4H,1-3H3;5*1-2H3. The highest BCUT2D eigenvalue weighted by Gasteiger charge is 2.29. The van der Waals surface area contributed by atoms with E-state index in [9.17, 15) is 0 Å². The fraction of sp³-hybridized carbons (Fsp3) is 1.00. The van der Waals surface area contributed by atoms with Gasteiger partial charge in [-0.3, -0.25) is 9.74 Å². The Labute approximate surface area is 414 Å². The molecule has 14 nitrogen and oxygen atoms in total. The van der Waals surface area contributed by atoms with Crippen LogP contribution >= 0.6 is 0 Å². The van der Waals surface area contributed by atoms with Crippen LogP contribution in [0.4, 0.5) is 0 Å². The first-order valence-corrected chi connectivity index (χ1v) is 26.0. The molecule has 0 unspecified atom stereocenters. The van der Waals surface area contributed by atoms with Gasteiger partial charge in [-0.1, -0.05) is 152 Å². The zero-order valence-corrected chi connectivity index (χ0v) is 51.8. The van der Waals surface area contributed by atoms with E-state index in [4.69, 9.17) is 9.57 Å². The number of nitrogens with zero attached hydrogens (tertiary/aromatic N) is 12. The predicted octanol–water partition coefficient (Wildman–Crippen LogP) is 11.7. The highest BCUT2D eigenvalue weighted by atomic mass is 16.7. The zero-order chi connectivity index (χ0) is 54.0. The molecule has 0 radical (unpaired) electrons. The molecule has 5 aliphatic rings. The first-order chi connectivity index (χ1) is 30.2. The minimum atomic E-state index is 0.562. The third-order valence-electron chi connectivity index (χ3n) is 7.32. The van der Waals surface area contributed by atoms with E-state index in [0.29, 0.717) is 6.04 Å². The SMILES string of the molecule is CC.CC.CC.CC.CC.CC(C)C.CC(C)C.CC(C)C.CC(C)C.CC(C)N1CN(C)N(C)N1C.CN1CCCN1C.CN1CCCO1.CN1CN(C)N(C)C1.CN1COCN1C. The van der Waals surface area contributed by atoms with Crippen molar-refractivity contribution in [3.8, 4) is 0 Å². The van der Waals surface area contributed by atoms with Crippen molar-refractivity contribution in [2.75, 3.05) is 137 Å². The molecule has 5 rings (SSSR count). The van der Waals surface area contributed by atoms with Gasteiger partial charge in [0.05, 0.1) is 26.6 Å². The summed E-state index contributed by atoms with van der Waals surface area (Å²) in [6.45, 7) is 59.4. The molecule has 0 aliphatic carbocycles. The molecular weight excluding hydrogens is 813 g/mol. The lowest BCUT2D eigenvalue weighted by Gasteiger charge is -2.29. The van der Waals surface area contributed by atoms with Crippen molar-refractivity contribution in [1.29, 1.82) is 0 Å². The molecule has 0 atom stereocenters. The van der Waals surface area contributed by atoms with Crippen molar-refractivity contribution in [2.45, 2.75) is 185 Å². The van der Waals surface area contributed by atoms with Gasteiger partial charge in [0.25, 0.3) is 0 Å². The maximum atomic E-state index is 5.02. The molecule has 0 spiro atoms. The van der Waals surface area contributed by atoms with Gasteiger partial charge in [0.2, 0.25) is 0 Å². The van der Waals surface area contributed by atoms with E-state index in [1.54, 1.807) is 0 Å². The van der Waals surface area contributed by atoms with Crippen molar-refractivity contribution < 1.29 is 9.57 Å². The summed E-state index contributed by atoms with van der Waals surface area (Å²) in [6.07, 6.45) is 2.52. The second-order valence-electron chi connectivity index (χ2n) is 18.1. The van der Waals surface area contributed by atoms with Crippen molar-refractivity contribution in [3.05, 3.63) is 0 Å². The predicted molar refractivity (Wildman–Crippen MR) is 296 cm³/mol. The van der Waals surface area contributed by atoms with Crippen LogP contribution in [-0.4, -0.2) is 204 Å². The molecule has 14 heteroatoms. The van der Waals surface area contributed by atoms with Gasteiger partial charge in [0.15, 0.2) is 0 Å². The molecule has 408 valence electrons. The van der Waals surface area contributed by atoms with Crippen LogP contribution in [0, 0.1) is 23.7 Å². The Morgan fingerprint density at radius 2 is 0.646 bits per heavy atom. The van der Waals surface area contributed by atoms with E-state index in [2.05, 4.69) is 199 Å². The number of hydroxylamine groups is 2. The minimum absolute atomic E-state index is 0.562. The van der Waals surface area contributed by atoms with Gasteiger partial charge in [0.1, 0.15) is 13.5 Å². The summed E-state index contributed by atoms with van der Waals surface area (Å²) >= 11 is 0. The maximum Gasteiger partial charge on any atom is 0.113 e. The monoisotopic (exact) mass is 945 g/mol. The summed E-state index contributed by atoms with van der Waals surface area (Å²) in [5.74, 6) is 3.33. The van der Waals surface area contributed by atoms with Crippen molar-refractivity contribution >= 4 is 0 Å². The largest absolute Gasteiger partial charge is 0.348 e. The number of hydrazine groups is 6. The second kappa shape index (κ2) is 61.5. The molecule has 0 aromatic heterocycles. The van der Waals surface area contributed by atoms with Crippen LogP contribution < -0.4 is 0 Å². The number of hydrogen-bond acceptors (Lipinski definition) is 14. The Balaban J connectivity index is -0.0000000771. The minimum Gasteiger partial charge on any atom is -0.348 e. The topological polar surface area (TPSA) is 57.3 Å². The Morgan fingerprint density at radius 3 is 0.738 bits per heavy atom. The number of hydrogen-bond donors (Lipinski definition) is 0. The molecule has 0 aromatic carbocycles. The smallest absolute Gasteiger partial charge is 0.113 e. The van der Waals surface area contributed by atoms with Crippen LogP contribution in [0.25, 0.3) is 0 Å². The van der Waals surface area contributed by atoms with Crippen LogP contribution in [0.2, 0.25) is 0 Å². The van der Waals surface area contributed by atoms with E-state index < -0.39 is 0 Å². The Kier molecular flexibility index (Phi) is 79.8. The zero-order valence-electron chi connectivity index (χ0n) is 51.8. The highest BCUT2D eigenvalue weighted by molar-refractivity contribution is 4.61. The summed E-state index contributed by atoms with van der Waals surface area (Å²) in [5, 5.41) is 23.4. The van der Waals surface area contributed by atoms with Crippen molar-refractivity contribution in [3.63, 3.8) is 0 Å². The van der Waals surface area contributed by atoms with E-state index in [0.717, 1.165) is 70.3 Å². The van der Waals surface area contributed by atoms with Gasteiger partial charge in [-0.25, -0.2) is 40.1 Å². The lowest BCUT2D eigenvalue weighted by molar-refractivity contribution is -0.143. The van der Waals surface area contributed by atoms with Crippen LogP contribution in [-0.2, 0) is 9.57 Å². The fourth-order valence-corrected chi connectivity index (χ4v) is 4.18. The normalized spacial score (nSPS) is 18.5. The average molecular weight is 946 g/mol. The molecule has 0 saturated carbocycles. The first kappa shape index (κ1) is 84.4. The molecule has 5 heterocycles. The van der Waals surface area contributed by atoms with Crippen LogP contribution in [0.5, 0.6) is 0 Å². The van der Waals surface area contributed by atoms with Crippen LogP contribution in [0.1, 0.15) is 179 Å². The average Bonchev–Trinajstić information content (AvgIpc) is 4.07. The maximum absolute atomic E-state index is 5.02. The van der Waals surface area contributed by atoms with Gasteiger partial charge in [-0.05, 0) is 57.4 Å². The molecule has 5 saturated heterocycles. The van der Waals surface area contributed by atoms with Gasteiger partial charge in [0, 0.05) is 96.2 Å². The van der Waals surface area contributed by atoms with Crippen molar-refractivity contribution in [1.82, 2.24) is 60.3 Å². The molecule has 0 N–H and O–H groups in total. The van der Waals surface area contributed by atoms with Crippen LogP contribution in [0.3, 0.4) is 0 Å². The van der Waals surface area contributed by atoms with E-state index in [1.807, 2.05) is 105 Å². The summed E-state index contributed by atoms with van der Waals surface area (Å²) in [4.78, 5) is 7.24.